The zero-order valence-electron chi connectivity index (χ0n) is 25.4. The predicted molar refractivity (Wildman–Crippen MR) is 168 cm³/mol. The van der Waals surface area contributed by atoms with Gasteiger partial charge in [-0.25, -0.2) is 9.59 Å². The zero-order valence-corrected chi connectivity index (χ0v) is 25.4. The van der Waals surface area contributed by atoms with E-state index >= 15 is 0 Å². The van der Waals surface area contributed by atoms with Crippen LogP contribution in [0.25, 0.3) is 11.1 Å². The molecule has 2 amide bonds. The first-order valence-corrected chi connectivity index (χ1v) is 16.1. The highest BCUT2D eigenvalue weighted by Crippen LogP contribution is 2.44. The van der Waals surface area contributed by atoms with Crippen molar-refractivity contribution < 1.29 is 24.2 Å². The minimum Gasteiger partial charge on any atom is -0.480 e. The number of hydrogen-bond donors (Lipinski definition) is 3. The van der Waals surface area contributed by atoms with Gasteiger partial charge in [-0.2, -0.15) is 0 Å². The average Bonchev–Trinajstić information content (AvgIpc) is 3.31. The molecule has 3 rings (SSSR count). The van der Waals surface area contributed by atoms with Crippen molar-refractivity contribution in [1.29, 1.82) is 0 Å². The molecule has 7 nitrogen and oxygen atoms in total. The highest BCUT2D eigenvalue weighted by molar-refractivity contribution is 5.81. The monoisotopic (exact) mass is 578 g/mol. The second-order valence-electron chi connectivity index (χ2n) is 11.5. The molecule has 1 aliphatic rings. The lowest BCUT2D eigenvalue weighted by molar-refractivity contribution is -0.139. The Bertz CT molecular complexity index is 1070. The van der Waals surface area contributed by atoms with Crippen LogP contribution in [0.1, 0.15) is 120 Å². The molecule has 0 radical (unpaired) electrons. The number of unbranched alkanes of at least 4 members (excludes halogenated alkanes) is 11. The van der Waals surface area contributed by atoms with E-state index < -0.39 is 18.1 Å². The number of nitrogens with one attached hydrogen (secondary N) is 2. The van der Waals surface area contributed by atoms with Gasteiger partial charge < -0.3 is 20.5 Å². The summed E-state index contributed by atoms with van der Waals surface area (Å²) in [6.45, 7) is 2.89. The van der Waals surface area contributed by atoms with Crippen molar-refractivity contribution in [3.05, 3.63) is 59.7 Å². The first-order valence-electron chi connectivity index (χ1n) is 16.1. The lowest BCUT2D eigenvalue weighted by atomic mass is 9.98. The van der Waals surface area contributed by atoms with Gasteiger partial charge >= 0.3 is 12.1 Å². The number of ether oxygens (including phenoxy) is 1. The summed E-state index contributed by atoms with van der Waals surface area (Å²) in [6, 6.07) is 15.1. The van der Waals surface area contributed by atoms with Crippen LogP contribution in [0.2, 0.25) is 0 Å². The molecule has 230 valence electrons. The van der Waals surface area contributed by atoms with Crippen LogP contribution in [0.5, 0.6) is 0 Å². The SMILES string of the molecule is CCCCCCCCCCCCCC(=O)NCCCC[C@H](NC(=O)OCC1c2ccccc2-c2ccccc21)C(=O)O. The fourth-order valence-corrected chi connectivity index (χ4v) is 5.78. The van der Waals surface area contributed by atoms with E-state index in [4.69, 9.17) is 4.74 Å². The summed E-state index contributed by atoms with van der Waals surface area (Å²) in [6.07, 6.45) is 15.1. The van der Waals surface area contributed by atoms with E-state index in [0.717, 1.165) is 35.1 Å². The van der Waals surface area contributed by atoms with Crippen molar-refractivity contribution in [3.63, 3.8) is 0 Å². The largest absolute Gasteiger partial charge is 0.480 e. The second kappa shape index (κ2) is 19.0. The number of benzene rings is 2. The van der Waals surface area contributed by atoms with Gasteiger partial charge in [-0.15, -0.1) is 0 Å². The summed E-state index contributed by atoms with van der Waals surface area (Å²) >= 11 is 0. The maximum atomic E-state index is 12.5. The number of carboxylic acids is 1. The number of amides is 2. The summed E-state index contributed by atoms with van der Waals surface area (Å²) in [7, 11) is 0. The van der Waals surface area contributed by atoms with Crippen molar-refractivity contribution in [2.45, 2.75) is 115 Å². The minimum atomic E-state index is -1.09. The molecule has 0 unspecified atom stereocenters. The summed E-state index contributed by atoms with van der Waals surface area (Å²) in [5.41, 5.74) is 4.48. The maximum Gasteiger partial charge on any atom is 0.407 e. The van der Waals surface area contributed by atoms with E-state index in [-0.39, 0.29) is 24.9 Å². The molecule has 0 aliphatic heterocycles. The van der Waals surface area contributed by atoms with Gasteiger partial charge in [0.2, 0.25) is 5.91 Å². The van der Waals surface area contributed by atoms with E-state index in [2.05, 4.69) is 29.7 Å². The van der Waals surface area contributed by atoms with Crippen LogP contribution in [0.3, 0.4) is 0 Å². The Morgan fingerprint density at radius 2 is 1.31 bits per heavy atom. The molecule has 2 aromatic carbocycles. The summed E-state index contributed by atoms with van der Waals surface area (Å²) in [5.74, 6) is -1.12. The van der Waals surface area contributed by atoms with Gasteiger partial charge in [0.25, 0.3) is 0 Å². The first-order chi connectivity index (χ1) is 20.5. The summed E-state index contributed by atoms with van der Waals surface area (Å²) in [5, 5.41) is 15.0. The number of fused-ring (bicyclic) bond motifs is 3. The number of aliphatic carboxylic acids is 1. The Balaban J connectivity index is 1.24. The normalized spacial score (nSPS) is 12.8. The molecule has 0 saturated heterocycles. The Morgan fingerprint density at radius 3 is 1.88 bits per heavy atom. The van der Waals surface area contributed by atoms with Crippen molar-refractivity contribution in [3.8, 4) is 11.1 Å². The highest BCUT2D eigenvalue weighted by atomic mass is 16.5. The van der Waals surface area contributed by atoms with Crippen molar-refractivity contribution in [2.75, 3.05) is 13.2 Å². The van der Waals surface area contributed by atoms with Gasteiger partial charge in [0.05, 0.1) is 0 Å². The summed E-state index contributed by atoms with van der Waals surface area (Å²) < 4.78 is 5.50. The number of alkyl carbamates (subject to hydrolysis) is 1. The Hall–Kier alpha value is -3.35. The van der Waals surface area contributed by atoms with Gasteiger partial charge in [0.1, 0.15) is 12.6 Å². The number of carbonyl (C=O) groups excluding carboxylic acids is 2. The number of carboxylic acid groups (broad SMARTS) is 1. The number of rotatable bonds is 21. The predicted octanol–water partition coefficient (Wildman–Crippen LogP) is 7.97. The molecule has 0 aromatic heterocycles. The van der Waals surface area contributed by atoms with E-state index in [0.29, 0.717) is 25.8 Å². The van der Waals surface area contributed by atoms with E-state index in [1.165, 1.54) is 57.8 Å². The van der Waals surface area contributed by atoms with Crippen LogP contribution in [0, 0.1) is 0 Å². The molecule has 0 heterocycles. The standard InChI is InChI=1S/C35H50N2O5/c1-2-3-4-5-6-7-8-9-10-11-12-24-33(38)36-25-18-17-23-32(34(39)40)37-35(41)42-26-31-29-21-15-13-19-27(29)28-20-14-16-22-30(28)31/h13-16,19-22,31-32H,2-12,17-18,23-26H2,1H3,(H,36,38)(H,37,41)(H,39,40)/t32-/m0/s1. The van der Waals surface area contributed by atoms with Gasteiger partial charge in [-0.1, -0.05) is 120 Å². The van der Waals surface area contributed by atoms with Crippen LogP contribution in [0.15, 0.2) is 48.5 Å². The topological polar surface area (TPSA) is 105 Å². The average molecular weight is 579 g/mol. The Labute approximate surface area is 251 Å². The van der Waals surface area contributed by atoms with E-state index in [1.807, 2.05) is 36.4 Å². The van der Waals surface area contributed by atoms with Gasteiger partial charge in [0, 0.05) is 18.9 Å². The molecule has 42 heavy (non-hydrogen) atoms. The molecular formula is C35H50N2O5. The molecule has 2 aromatic rings. The molecule has 3 N–H and O–H groups in total. The van der Waals surface area contributed by atoms with E-state index in [9.17, 15) is 19.5 Å². The lowest BCUT2D eigenvalue weighted by Crippen LogP contribution is -2.41. The van der Waals surface area contributed by atoms with Crippen LogP contribution >= 0.6 is 0 Å². The molecule has 1 aliphatic carbocycles. The maximum absolute atomic E-state index is 12.5. The van der Waals surface area contributed by atoms with Gasteiger partial charge in [0.15, 0.2) is 0 Å². The fourth-order valence-electron chi connectivity index (χ4n) is 5.78. The Kier molecular flexibility index (Phi) is 15.0. The minimum absolute atomic E-state index is 0.0532. The third-order valence-corrected chi connectivity index (χ3v) is 8.18. The third-order valence-electron chi connectivity index (χ3n) is 8.18. The highest BCUT2D eigenvalue weighted by Gasteiger charge is 2.29. The molecular weight excluding hydrogens is 528 g/mol. The molecule has 0 fully saturated rings. The smallest absolute Gasteiger partial charge is 0.407 e. The molecule has 7 heteroatoms. The van der Waals surface area contributed by atoms with Crippen molar-refractivity contribution in [1.82, 2.24) is 10.6 Å². The number of hydrogen-bond acceptors (Lipinski definition) is 4. The van der Waals surface area contributed by atoms with Gasteiger partial charge in [-0.3, -0.25) is 4.79 Å². The van der Waals surface area contributed by atoms with Crippen molar-refractivity contribution >= 4 is 18.0 Å². The van der Waals surface area contributed by atoms with Crippen LogP contribution in [0.4, 0.5) is 4.79 Å². The molecule has 1 atom stereocenters. The first kappa shape index (κ1) is 33.2. The quantitative estimate of drug-likeness (QED) is 0.130. The summed E-state index contributed by atoms with van der Waals surface area (Å²) in [4.78, 5) is 36.4. The lowest BCUT2D eigenvalue weighted by Gasteiger charge is -2.17. The van der Waals surface area contributed by atoms with Gasteiger partial charge in [-0.05, 0) is 47.9 Å². The van der Waals surface area contributed by atoms with Crippen LogP contribution in [-0.4, -0.2) is 42.3 Å². The third kappa shape index (κ3) is 11.1. The molecule has 0 spiro atoms. The number of carbonyl (C=O) groups is 3. The molecule has 0 bridgehead atoms. The van der Waals surface area contributed by atoms with Crippen molar-refractivity contribution in [2.24, 2.45) is 0 Å². The second-order valence-corrected chi connectivity index (χ2v) is 11.5. The molecule has 0 saturated carbocycles. The Morgan fingerprint density at radius 1 is 0.762 bits per heavy atom. The fraction of sp³-hybridized carbons (Fsp3) is 0.571. The zero-order chi connectivity index (χ0) is 30.0. The van der Waals surface area contributed by atoms with E-state index in [1.54, 1.807) is 0 Å². The van der Waals surface area contributed by atoms with Crippen LogP contribution < -0.4 is 10.6 Å². The van der Waals surface area contributed by atoms with Crippen LogP contribution in [-0.2, 0) is 14.3 Å².